The first-order valence-corrected chi connectivity index (χ1v) is 8.84. The minimum absolute atomic E-state index is 0.709. The Morgan fingerprint density at radius 3 is 2.27 bits per heavy atom. The lowest BCUT2D eigenvalue weighted by Crippen LogP contribution is -2.17. The third-order valence-electron chi connectivity index (χ3n) is 5.63. The molecule has 0 heteroatoms. The van der Waals surface area contributed by atoms with Gasteiger partial charge in [0.2, 0.25) is 0 Å². The van der Waals surface area contributed by atoms with Crippen LogP contribution in [0, 0.1) is 13.8 Å². The average Bonchev–Trinajstić information content (AvgIpc) is 2.57. The van der Waals surface area contributed by atoms with Crippen LogP contribution in [0.2, 0.25) is 0 Å². The van der Waals surface area contributed by atoms with Crippen molar-refractivity contribution in [3.63, 3.8) is 0 Å². The molecule has 0 radical (unpaired) electrons. The molecule has 2 aromatic carbocycles. The molecule has 3 rings (SSSR count). The summed E-state index contributed by atoms with van der Waals surface area (Å²) in [7, 11) is 0. The monoisotopic (exact) mass is 292 g/mol. The van der Waals surface area contributed by atoms with Gasteiger partial charge in [0.25, 0.3) is 0 Å². The smallest absolute Gasteiger partial charge is 0.0113 e. The maximum Gasteiger partial charge on any atom is -0.0113 e. The third-order valence-corrected chi connectivity index (χ3v) is 5.63. The molecule has 2 aromatic rings. The molecule has 0 bridgehead atoms. The Bertz CT molecular complexity index is 656. The van der Waals surface area contributed by atoms with Crippen molar-refractivity contribution in [1.29, 1.82) is 0 Å². The van der Waals surface area contributed by atoms with Gasteiger partial charge in [0, 0.05) is 0 Å². The summed E-state index contributed by atoms with van der Waals surface area (Å²) in [6.45, 7) is 9.13. The highest BCUT2D eigenvalue weighted by Gasteiger charge is 2.24. The molecule has 1 atom stereocenters. The summed E-state index contributed by atoms with van der Waals surface area (Å²) in [6, 6.07) is 11.6. The van der Waals surface area contributed by atoms with Crippen molar-refractivity contribution in [2.75, 3.05) is 0 Å². The number of hydrogen-bond acceptors (Lipinski definition) is 0. The summed E-state index contributed by atoms with van der Waals surface area (Å²) in [4.78, 5) is 0. The fourth-order valence-corrected chi connectivity index (χ4v) is 4.21. The SMILES string of the molecule is CCc1cccc(CC)c1C1CCc2c(ccc(C)c2C)C1. The van der Waals surface area contributed by atoms with Gasteiger partial charge in [-0.15, -0.1) is 0 Å². The van der Waals surface area contributed by atoms with Gasteiger partial charge in [0.1, 0.15) is 0 Å². The van der Waals surface area contributed by atoms with Crippen LogP contribution in [-0.2, 0) is 25.7 Å². The van der Waals surface area contributed by atoms with Gasteiger partial charge >= 0.3 is 0 Å². The lowest BCUT2D eigenvalue weighted by atomic mass is 9.75. The normalized spacial score (nSPS) is 17.4. The molecule has 0 spiro atoms. The quantitative estimate of drug-likeness (QED) is 0.680. The Balaban J connectivity index is 2.00. The summed E-state index contributed by atoms with van der Waals surface area (Å²) >= 11 is 0. The van der Waals surface area contributed by atoms with E-state index in [1.54, 1.807) is 27.8 Å². The second kappa shape index (κ2) is 6.28. The van der Waals surface area contributed by atoms with E-state index in [1.165, 1.54) is 30.4 Å². The molecular formula is C22H28. The number of aryl methyl sites for hydroxylation is 3. The minimum Gasteiger partial charge on any atom is -0.0617 e. The molecule has 0 saturated heterocycles. The van der Waals surface area contributed by atoms with E-state index >= 15 is 0 Å². The van der Waals surface area contributed by atoms with Crippen LogP contribution in [0.3, 0.4) is 0 Å². The van der Waals surface area contributed by atoms with Crippen molar-refractivity contribution in [2.45, 2.75) is 65.7 Å². The number of benzene rings is 2. The third kappa shape index (κ3) is 2.60. The fraction of sp³-hybridized carbons (Fsp3) is 0.455. The summed E-state index contributed by atoms with van der Waals surface area (Å²) < 4.78 is 0. The second-order valence-corrected chi connectivity index (χ2v) is 6.78. The first-order valence-electron chi connectivity index (χ1n) is 8.84. The molecule has 0 amide bonds. The van der Waals surface area contributed by atoms with E-state index < -0.39 is 0 Å². The summed E-state index contributed by atoms with van der Waals surface area (Å²) in [5.41, 5.74) is 11.0. The Morgan fingerprint density at radius 2 is 1.64 bits per heavy atom. The lowest BCUT2D eigenvalue weighted by molar-refractivity contribution is 0.573. The van der Waals surface area contributed by atoms with Crippen LogP contribution in [0.5, 0.6) is 0 Å². The average molecular weight is 292 g/mol. The van der Waals surface area contributed by atoms with Crippen molar-refractivity contribution in [1.82, 2.24) is 0 Å². The molecule has 0 nitrogen and oxygen atoms in total. The van der Waals surface area contributed by atoms with Crippen molar-refractivity contribution in [3.05, 3.63) is 69.3 Å². The first kappa shape index (κ1) is 15.3. The van der Waals surface area contributed by atoms with Crippen LogP contribution in [0.1, 0.15) is 65.1 Å². The van der Waals surface area contributed by atoms with E-state index in [0.29, 0.717) is 5.92 Å². The van der Waals surface area contributed by atoms with E-state index in [0.717, 1.165) is 12.8 Å². The van der Waals surface area contributed by atoms with Crippen LogP contribution >= 0.6 is 0 Å². The molecule has 0 aromatic heterocycles. The number of rotatable bonds is 3. The first-order chi connectivity index (χ1) is 10.7. The van der Waals surface area contributed by atoms with Crippen LogP contribution in [-0.4, -0.2) is 0 Å². The largest absolute Gasteiger partial charge is 0.0617 e. The predicted molar refractivity (Wildman–Crippen MR) is 95.9 cm³/mol. The molecule has 22 heavy (non-hydrogen) atoms. The number of hydrogen-bond donors (Lipinski definition) is 0. The van der Waals surface area contributed by atoms with E-state index in [1.807, 2.05) is 0 Å². The Kier molecular flexibility index (Phi) is 4.38. The second-order valence-electron chi connectivity index (χ2n) is 6.78. The standard InChI is InChI=1S/C22H28/c1-5-17-8-7-9-18(6-2)22(17)20-12-13-21-16(4)15(3)10-11-19(21)14-20/h7-11,20H,5-6,12-14H2,1-4H3. The fourth-order valence-electron chi connectivity index (χ4n) is 4.21. The topological polar surface area (TPSA) is 0 Å². The maximum absolute atomic E-state index is 2.38. The molecule has 116 valence electrons. The van der Waals surface area contributed by atoms with Gasteiger partial charge in [0.05, 0.1) is 0 Å². The predicted octanol–water partition coefficient (Wildman–Crippen LogP) is 5.70. The van der Waals surface area contributed by atoms with Crippen molar-refractivity contribution < 1.29 is 0 Å². The lowest BCUT2D eigenvalue weighted by Gasteiger charge is -2.30. The maximum atomic E-state index is 2.38. The van der Waals surface area contributed by atoms with Gasteiger partial charge in [-0.1, -0.05) is 44.2 Å². The van der Waals surface area contributed by atoms with Gasteiger partial charge in [-0.3, -0.25) is 0 Å². The van der Waals surface area contributed by atoms with Gasteiger partial charge in [0.15, 0.2) is 0 Å². The summed E-state index contributed by atoms with van der Waals surface area (Å²) in [6.07, 6.45) is 6.08. The van der Waals surface area contributed by atoms with E-state index in [2.05, 4.69) is 58.0 Å². The zero-order valence-electron chi connectivity index (χ0n) is 14.5. The highest BCUT2D eigenvalue weighted by Crippen LogP contribution is 2.38. The minimum atomic E-state index is 0.709. The Labute approximate surface area is 135 Å². The van der Waals surface area contributed by atoms with Crippen LogP contribution in [0.25, 0.3) is 0 Å². The summed E-state index contributed by atoms with van der Waals surface area (Å²) in [5.74, 6) is 0.709. The van der Waals surface area contributed by atoms with E-state index in [9.17, 15) is 0 Å². The molecular weight excluding hydrogens is 264 g/mol. The summed E-state index contributed by atoms with van der Waals surface area (Å²) in [5, 5.41) is 0. The van der Waals surface area contributed by atoms with Crippen molar-refractivity contribution in [2.24, 2.45) is 0 Å². The van der Waals surface area contributed by atoms with Gasteiger partial charge in [-0.25, -0.2) is 0 Å². The molecule has 0 saturated carbocycles. The van der Waals surface area contributed by atoms with Gasteiger partial charge in [-0.05, 0) is 90.8 Å². The zero-order valence-corrected chi connectivity index (χ0v) is 14.5. The molecule has 1 aliphatic rings. The van der Waals surface area contributed by atoms with E-state index in [-0.39, 0.29) is 0 Å². The molecule has 0 fully saturated rings. The van der Waals surface area contributed by atoms with Gasteiger partial charge < -0.3 is 0 Å². The molecule has 0 aliphatic heterocycles. The molecule has 1 aliphatic carbocycles. The Hall–Kier alpha value is -1.56. The molecule has 1 unspecified atom stereocenters. The molecule has 0 N–H and O–H groups in total. The highest BCUT2D eigenvalue weighted by atomic mass is 14.3. The van der Waals surface area contributed by atoms with Crippen LogP contribution < -0.4 is 0 Å². The van der Waals surface area contributed by atoms with Crippen molar-refractivity contribution >= 4 is 0 Å². The van der Waals surface area contributed by atoms with E-state index in [4.69, 9.17) is 0 Å². The van der Waals surface area contributed by atoms with Crippen LogP contribution in [0.4, 0.5) is 0 Å². The Morgan fingerprint density at radius 1 is 0.955 bits per heavy atom. The van der Waals surface area contributed by atoms with Gasteiger partial charge in [-0.2, -0.15) is 0 Å². The van der Waals surface area contributed by atoms with Crippen LogP contribution in [0.15, 0.2) is 30.3 Å². The highest BCUT2D eigenvalue weighted by molar-refractivity contribution is 5.45. The number of fused-ring (bicyclic) bond motifs is 1. The van der Waals surface area contributed by atoms with Crippen molar-refractivity contribution in [3.8, 4) is 0 Å². The zero-order chi connectivity index (χ0) is 15.7. The molecule has 0 heterocycles.